The third kappa shape index (κ3) is 1.32. The van der Waals surface area contributed by atoms with Crippen LogP contribution >= 0.6 is 0 Å². The lowest BCUT2D eigenvalue weighted by Crippen LogP contribution is -1.84. The van der Waals surface area contributed by atoms with E-state index in [1.54, 1.807) is 6.92 Å². The number of alkyl halides is 1. The molecule has 0 aromatic heterocycles. The van der Waals surface area contributed by atoms with E-state index in [0.717, 1.165) is 0 Å². The van der Waals surface area contributed by atoms with E-state index in [-0.39, 0.29) is 5.82 Å². The number of rotatable bonds is 1. The Morgan fingerprint density at radius 3 is 2.60 bits per heavy atom. The van der Waals surface area contributed by atoms with Crippen LogP contribution in [0.15, 0.2) is 18.2 Å². The maximum atomic E-state index is 12.5. The maximum Gasteiger partial charge on any atom is 0.126 e. The predicted molar refractivity (Wildman–Crippen MR) is 35.9 cm³/mol. The Balaban J connectivity index is 3.04. The fourth-order valence-electron chi connectivity index (χ4n) is 0.790. The van der Waals surface area contributed by atoms with Crippen LogP contribution in [0.4, 0.5) is 8.78 Å². The molecule has 1 aromatic rings. The minimum absolute atomic E-state index is 0.280. The third-order valence-electron chi connectivity index (χ3n) is 1.38. The van der Waals surface area contributed by atoms with E-state index in [1.807, 2.05) is 0 Å². The summed E-state index contributed by atoms with van der Waals surface area (Å²) in [6.45, 7) is 1.09. The van der Waals surface area contributed by atoms with Crippen molar-refractivity contribution in [1.29, 1.82) is 0 Å². The van der Waals surface area contributed by atoms with Gasteiger partial charge in [0.1, 0.15) is 12.5 Å². The van der Waals surface area contributed by atoms with Gasteiger partial charge in [-0.05, 0) is 24.1 Å². The van der Waals surface area contributed by atoms with Crippen LogP contribution in [0.3, 0.4) is 0 Å². The van der Waals surface area contributed by atoms with Gasteiger partial charge in [-0.2, -0.15) is 0 Å². The van der Waals surface area contributed by atoms with Gasteiger partial charge in [0.25, 0.3) is 0 Å². The molecule has 10 heavy (non-hydrogen) atoms. The van der Waals surface area contributed by atoms with Crippen LogP contribution in [0.2, 0.25) is 0 Å². The summed E-state index contributed by atoms with van der Waals surface area (Å²) in [6, 6.07) is 4.24. The molecule has 0 nitrogen and oxygen atoms in total. The molecular formula is C8H8F2. The van der Waals surface area contributed by atoms with Gasteiger partial charge in [0, 0.05) is 0 Å². The molecule has 54 valence electrons. The molecule has 0 aliphatic rings. The van der Waals surface area contributed by atoms with Crippen LogP contribution < -0.4 is 0 Å². The topological polar surface area (TPSA) is 0 Å². The van der Waals surface area contributed by atoms with Gasteiger partial charge in [0.15, 0.2) is 0 Å². The summed E-state index contributed by atoms with van der Waals surface area (Å²) in [5, 5.41) is 0. The van der Waals surface area contributed by atoms with Gasteiger partial charge >= 0.3 is 0 Å². The van der Waals surface area contributed by atoms with Crippen molar-refractivity contribution < 1.29 is 8.78 Å². The number of halogens is 2. The Labute approximate surface area is 58.5 Å². The van der Waals surface area contributed by atoms with Gasteiger partial charge in [0.2, 0.25) is 0 Å². The second kappa shape index (κ2) is 2.78. The lowest BCUT2D eigenvalue weighted by Gasteiger charge is -1.96. The van der Waals surface area contributed by atoms with Gasteiger partial charge in [-0.15, -0.1) is 0 Å². The number of hydrogen-bond acceptors (Lipinski definition) is 0. The van der Waals surface area contributed by atoms with Crippen LogP contribution in [0.5, 0.6) is 0 Å². The molecular weight excluding hydrogens is 134 g/mol. The fraction of sp³-hybridized carbons (Fsp3) is 0.250. The quantitative estimate of drug-likeness (QED) is 0.565. The van der Waals surface area contributed by atoms with E-state index in [1.165, 1.54) is 18.2 Å². The van der Waals surface area contributed by atoms with Crippen LogP contribution in [-0.4, -0.2) is 0 Å². The largest absolute Gasteiger partial charge is 0.246 e. The first-order valence-corrected chi connectivity index (χ1v) is 3.05. The zero-order valence-electron chi connectivity index (χ0n) is 5.70. The summed E-state index contributed by atoms with van der Waals surface area (Å²) in [7, 11) is 0. The highest BCUT2D eigenvalue weighted by atomic mass is 19.1. The summed E-state index contributed by atoms with van der Waals surface area (Å²) >= 11 is 0. The molecule has 2 heteroatoms. The van der Waals surface area contributed by atoms with E-state index in [9.17, 15) is 8.78 Å². The third-order valence-corrected chi connectivity index (χ3v) is 1.38. The normalized spacial score (nSPS) is 9.90. The Hall–Kier alpha value is -0.920. The first kappa shape index (κ1) is 7.19. The standard InChI is InChI=1S/C8H8F2/c1-6-4-7(5-9)2-3-8(6)10/h2-4H,5H2,1H3. The minimum Gasteiger partial charge on any atom is -0.246 e. The van der Waals surface area contributed by atoms with Gasteiger partial charge in [-0.3, -0.25) is 0 Å². The van der Waals surface area contributed by atoms with Crippen LogP contribution in [0.1, 0.15) is 11.1 Å². The second-order valence-electron chi connectivity index (χ2n) is 2.22. The molecule has 0 N–H and O–H groups in total. The molecule has 1 rings (SSSR count). The Morgan fingerprint density at radius 2 is 2.10 bits per heavy atom. The zero-order valence-corrected chi connectivity index (χ0v) is 5.70. The predicted octanol–water partition coefficient (Wildman–Crippen LogP) is 2.60. The summed E-state index contributed by atoms with van der Waals surface area (Å²) in [6.07, 6.45) is 0. The molecule has 0 spiro atoms. The van der Waals surface area contributed by atoms with Crippen molar-refractivity contribution in [2.75, 3.05) is 0 Å². The van der Waals surface area contributed by atoms with Crippen molar-refractivity contribution in [3.05, 3.63) is 35.1 Å². The average molecular weight is 142 g/mol. The van der Waals surface area contributed by atoms with E-state index < -0.39 is 6.67 Å². The zero-order chi connectivity index (χ0) is 7.56. The van der Waals surface area contributed by atoms with Crippen molar-refractivity contribution in [3.63, 3.8) is 0 Å². The SMILES string of the molecule is Cc1cc(CF)ccc1F. The molecule has 0 saturated carbocycles. The molecule has 0 heterocycles. The fourth-order valence-corrected chi connectivity index (χ4v) is 0.790. The highest BCUT2D eigenvalue weighted by molar-refractivity contribution is 5.23. The molecule has 0 amide bonds. The molecule has 0 radical (unpaired) electrons. The molecule has 1 aromatic carbocycles. The van der Waals surface area contributed by atoms with Crippen LogP contribution in [0, 0.1) is 12.7 Å². The summed E-state index contributed by atoms with van der Waals surface area (Å²) in [4.78, 5) is 0. The van der Waals surface area contributed by atoms with Crippen molar-refractivity contribution in [3.8, 4) is 0 Å². The first-order valence-electron chi connectivity index (χ1n) is 3.05. The highest BCUT2D eigenvalue weighted by Gasteiger charge is 1.96. The smallest absolute Gasteiger partial charge is 0.126 e. The highest BCUT2D eigenvalue weighted by Crippen LogP contribution is 2.09. The number of aryl methyl sites for hydroxylation is 1. The molecule has 0 aliphatic heterocycles. The summed E-state index contributed by atoms with van der Waals surface area (Å²) < 4.78 is 24.4. The monoisotopic (exact) mass is 142 g/mol. The Morgan fingerprint density at radius 1 is 1.40 bits per heavy atom. The van der Waals surface area contributed by atoms with Crippen LogP contribution in [0.25, 0.3) is 0 Å². The van der Waals surface area contributed by atoms with Gasteiger partial charge in [-0.25, -0.2) is 8.78 Å². The Kier molecular flexibility index (Phi) is 2.00. The molecule has 0 fully saturated rings. The maximum absolute atomic E-state index is 12.5. The van der Waals surface area contributed by atoms with Crippen molar-refractivity contribution >= 4 is 0 Å². The number of benzene rings is 1. The lowest BCUT2D eigenvalue weighted by molar-refractivity contribution is 0.484. The van der Waals surface area contributed by atoms with Crippen molar-refractivity contribution in [2.24, 2.45) is 0 Å². The van der Waals surface area contributed by atoms with E-state index in [0.29, 0.717) is 11.1 Å². The molecule has 0 saturated heterocycles. The molecule has 0 bridgehead atoms. The van der Waals surface area contributed by atoms with E-state index in [4.69, 9.17) is 0 Å². The summed E-state index contributed by atoms with van der Waals surface area (Å²) in [5.74, 6) is -0.280. The summed E-state index contributed by atoms with van der Waals surface area (Å²) in [5.41, 5.74) is 1.02. The Bertz CT molecular complexity index is 231. The van der Waals surface area contributed by atoms with Gasteiger partial charge < -0.3 is 0 Å². The molecule has 0 atom stereocenters. The van der Waals surface area contributed by atoms with Crippen LogP contribution in [-0.2, 0) is 6.67 Å². The first-order chi connectivity index (χ1) is 4.74. The van der Waals surface area contributed by atoms with Crippen molar-refractivity contribution in [2.45, 2.75) is 13.6 Å². The van der Waals surface area contributed by atoms with Crippen molar-refractivity contribution in [1.82, 2.24) is 0 Å². The lowest BCUT2D eigenvalue weighted by atomic mass is 10.1. The van der Waals surface area contributed by atoms with E-state index >= 15 is 0 Å². The van der Waals surface area contributed by atoms with Gasteiger partial charge in [-0.1, -0.05) is 12.1 Å². The minimum atomic E-state index is -0.527. The number of hydrogen-bond donors (Lipinski definition) is 0. The average Bonchev–Trinajstić information content (AvgIpc) is 1.95. The van der Waals surface area contributed by atoms with E-state index in [2.05, 4.69) is 0 Å². The molecule has 0 unspecified atom stereocenters. The second-order valence-corrected chi connectivity index (χ2v) is 2.22. The van der Waals surface area contributed by atoms with Gasteiger partial charge in [0.05, 0.1) is 0 Å². The molecule has 0 aliphatic carbocycles.